The molecule has 1 fully saturated rings. The fourth-order valence-electron chi connectivity index (χ4n) is 3.49. The molecule has 0 aliphatic carbocycles. The van der Waals surface area contributed by atoms with Gasteiger partial charge in [-0.25, -0.2) is 8.78 Å². The SMILES string of the molecule is C=C(/C(C)=N\C=C(/C)NC(=O)c1ccnc(C(F)(F)CC)c1)c1cc(N2CCOCC2)c(OCC(F)F)nn1. The van der Waals surface area contributed by atoms with E-state index in [4.69, 9.17) is 9.47 Å². The Morgan fingerprint density at radius 2 is 2.00 bits per heavy atom. The molecule has 0 spiro atoms. The molecule has 1 amide bonds. The maximum absolute atomic E-state index is 14.0. The molecule has 0 radical (unpaired) electrons. The predicted octanol–water partition coefficient (Wildman–Crippen LogP) is 4.62. The van der Waals surface area contributed by atoms with Crippen LogP contribution in [0.5, 0.6) is 5.88 Å². The number of carbonyl (C=O) groups is 1. The summed E-state index contributed by atoms with van der Waals surface area (Å²) in [6.45, 7) is 9.76. The number of hydrogen-bond donors (Lipinski definition) is 1. The van der Waals surface area contributed by atoms with Gasteiger partial charge < -0.3 is 19.7 Å². The molecule has 39 heavy (non-hydrogen) atoms. The van der Waals surface area contributed by atoms with E-state index in [0.29, 0.717) is 54.7 Å². The van der Waals surface area contributed by atoms with Gasteiger partial charge in [-0.05, 0) is 32.0 Å². The third-order valence-electron chi connectivity index (χ3n) is 5.79. The molecule has 3 rings (SSSR count). The minimum absolute atomic E-state index is 0.0160. The Kier molecular flexibility index (Phi) is 10.1. The van der Waals surface area contributed by atoms with Crippen molar-refractivity contribution < 1.29 is 31.8 Å². The summed E-state index contributed by atoms with van der Waals surface area (Å²) in [4.78, 5) is 22.5. The number of anilines is 1. The number of nitrogens with zero attached hydrogens (tertiary/aromatic N) is 5. The van der Waals surface area contributed by atoms with Crippen molar-refractivity contribution in [2.24, 2.45) is 4.99 Å². The number of carbonyl (C=O) groups excluding carboxylic acids is 1. The van der Waals surface area contributed by atoms with Crippen molar-refractivity contribution in [3.8, 4) is 5.88 Å². The van der Waals surface area contributed by atoms with Crippen LogP contribution in [-0.4, -0.2) is 66.1 Å². The molecule has 3 heterocycles. The van der Waals surface area contributed by atoms with Gasteiger partial charge in [-0.2, -0.15) is 8.78 Å². The number of nitrogens with one attached hydrogen (secondary N) is 1. The fourth-order valence-corrected chi connectivity index (χ4v) is 3.49. The van der Waals surface area contributed by atoms with Gasteiger partial charge in [-0.3, -0.25) is 14.8 Å². The van der Waals surface area contributed by atoms with E-state index in [-0.39, 0.29) is 11.4 Å². The molecule has 210 valence electrons. The van der Waals surface area contributed by atoms with Crippen LogP contribution in [0.3, 0.4) is 0 Å². The molecule has 9 nitrogen and oxygen atoms in total. The fraction of sp³-hybridized carbons (Fsp3) is 0.423. The van der Waals surface area contributed by atoms with Crippen LogP contribution in [0.25, 0.3) is 5.57 Å². The third kappa shape index (κ3) is 8.06. The highest BCUT2D eigenvalue weighted by atomic mass is 19.3. The second-order valence-electron chi connectivity index (χ2n) is 8.67. The maximum Gasteiger partial charge on any atom is 0.289 e. The lowest BCUT2D eigenvalue weighted by Crippen LogP contribution is -2.36. The Morgan fingerprint density at radius 1 is 1.28 bits per heavy atom. The van der Waals surface area contributed by atoms with Gasteiger partial charge in [0.25, 0.3) is 24.1 Å². The van der Waals surface area contributed by atoms with Gasteiger partial charge in [0.15, 0.2) is 6.61 Å². The van der Waals surface area contributed by atoms with Gasteiger partial charge in [0.2, 0.25) is 0 Å². The number of amides is 1. The van der Waals surface area contributed by atoms with Crippen molar-refractivity contribution in [2.45, 2.75) is 39.5 Å². The first-order valence-corrected chi connectivity index (χ1v) is 12.2. The molecule has 0 aromatic carbocycles. The molecule has 13 heteroatoms. The molecule has 0 unspecified atom stereocenters. The zero-order valence-electron chi connectivity index (χ0n) is 21.9. The highest BCUT2D eigenvalue weighted by Gasteiger charge is 2.31. The monoisotopic (exact) mass is 550 g/mol. The quantitative estimate of drug-likeness (QED) is 0.322. The Balaban J connectivity index is 1.74. The molecule has 1 saturated heterocycles. The molecule has 0 bridgehead atoms. The molecule has 2 aromatic rings. The summed E-state index contributed by atoms with van der Waals surface area (Å²) in [6.07, 6.45) is -0.555. The van der Waals surface area contributed by atoms with Gasteiger partial charge in [0, 0.05) is 54.5 Å². The smallest absolute Gasteiger partial charge is 0.289 e. The Morgan fingerprint density at radius 3 is 2.67 bits per heavy atom. The number of aromatic nitrogens is 3. The molecule has 1 aliphatic heterocycles. The van der Waals surface area contributed by atoms with Crippen LogP contribution in [0.4, 0.5) is 23.2 Å². The van der Waals surface area contributed by atoms with Crippen LogP contribution >= 0.6 is 0 Å². The van der Waals surface area contributed by atoms with E-state index in [1.807, 2.05) is 4.90 Å². The zero-order valence-corrected chi connectivity index (χ0v) is 21.9. The lowest BCUT2D eigenvalue weighted by molar-refractivity contribution is -0.0128. The minimum Gasteiger partial charge on any atom is -0.469 e. The Bertz CT molecular complexity index is 1250. The highest BCUT2D eigenvalue weighted by molar-refractivity contribution is 6.21. The summed E-state index contributed by atoms with van der Waals surface area (Å²) in [5.41, 5.74) is 1.61. The van der Waals surface area contributed by atoms with E-state index in [9.17, 15) is 22.4 Å². The lowest BCUT2D eigenvalue weighted by atomic mass is 10.1. The van der Waals surface area contributed by atoms with Crippen molar-refractivity contribution in [1.29, 1.82) is 0 Å². The number of aliphatic imine (C=N–C) groups is 1. The maximum atomic E-state index is 14.0. The van der Waals surface area contributed by atoms with E-state index in [2.05, 4.69) is 32.1 Å². The highest BCUT2D eigenvalue weighted by Crippen LogP contribution is 2.30. The largest absolute Gasteiger partial charge is 0.469 e. The summed E-state index contributed by atoms with van der Waals surface area (Å²) in [5, 5.41) is 10.7. The first-order chi connectivity index (χ1) is 18.5. The predicted molar refractivity (Wildman–Crippen MR) is 138 cm³/mol. The number of rotatable bonds is 11. The second-order valence-corrected chi connectivity index (χ2v) is 8.67. The lowest BCUT2D eigenvalue weighted by Gasteiger charge is -2.29. The van der Waals surface area contributed by atoms with Crippen LogP contribution in [-0.2, 0) is 10.7 Å². The molecular formula is C26H30F4N6O3. The summed E-state index contributed by atoms with van der Waals surface area (Å²) in [5.74, 6) is -3.75. The number of alkyl halides is 4. The summed E-state index contributed by atoms with van der Waals surface area (Å²) < 4.78 is 63.9. The van der Waals surface area contributed by atoms with Gasteiger partial charge in [0.05, 0.1) is 18.9 Å². The minimum atomic E-state index is -3.14. The molecule has 1 N–H and O–H groups in total. The summed E-state index contributed by atoms with van der Waals surface area (Å²) in [7, 11) is 0. The van der Waals surface area contributed by atoms with Crippen LogP contribution in [0.15, 0.2) is 47.9 Å². The number of halogens is 4. The number of hydrogen-bond acceptors (Lipinski definition) is 8. The van der Waals surface area contributed by atoms with E-state index in [1.165, 1.54) is 19.2 Å². The number of allylic oxidation sites excluding steroid dienone is 2. The Labute approximate surface area is 223 Å². The number of ether oxygens (including phenoxy) is 2. The topological polar surface area (TPSA) is 102 Å². The molecule has 0 saturated carbocycles. The van der Waals surface area contributed by atoms with Gasteiger partial charge in [-0.1, -0.05) is 13.5 Å². The molecule has 2 aromatic heterocycles. The molecule has 0 atom stereocenters. The van der Waals surface area contributed by atoms with Gasteiger partial charge in [-0.15, -0.1) is 10.2 Å². The van der Waals surface area contributed by atoms with Gasteiger partial charge in [0.1, 0.15) is 11.4 Å². The van der Waals surface area contributed by atoms with Crippen molar-refractivity contribution in [1.82, 2.24) is 20.5 Å². The van der Waals surface area contributed by atoms with Crippen molar-refractivity contribution >= 4 is 22.9 Å². The molecule has 1 aliphatic rings. The first-order valence-electron chi connectivity index (χ1n) is 12.2. The standard InChI is InChI=1S/C26H30F4N6O3/c1-5-26(29,30)22-12-19(6-7-31-22)24(37)33-16(2)14-32-18(4)17(3)20-13-21(36-8-10-38-11-9-36)25(35-34-20)39-15-23(27)28/h6-7,12-14,23H,3,5,8-11,15H2,1-2,4H3,(H,33,37)/b16-14+,32-18-. The van der Waals surface area contributed by atoms with Crippen LogP contribution in [0, 0.1) is 0 Å². The van der Waals surface area contributed by atoms with E-state index >= 15 is 0 Å². The van der Waals surface area contributed by atoms with Crippen molar-refractivity contribution in [3.05, 3.63) is 59.8 Å². The van der Waals surface area contributed by atoms with Crippen molar-refractivity contribution in [3.63, 3.8) is 0 Å². The second kappa shape index (κ2) is 13.3. The first kappa shape index (κ1) is 29.7. The van der Waals surface area contributed by atoms with Crippen LogP contribution in [0.1, 0.15) is 48.9 Å². The number of morpholine rings is 1. The van der Waals surface area contributed by atoms with E-state index in [1.54, 1.807) is 19.9 Å². The average molecular weight is 551 g/mol. The van der Waals surface area contributed by atoms with Crippen LogP contribution < -0.4 is 15.0 Å². The van der Waals surface area contributed by atoms with Gasteiger partial charge >= 0.3 is 0 Å². The zero-order chi connectivity index (χ0) is 28.6. The summed E-state index contributed by atoms with van der Waals surface area (Å²) in [6, 6.07) is 4.04. The summed E-state index contributed by atoms with van der Waals surface area (Å²) >= 11 is 0. The van der Waals surface area contributed by atoms with E-state index in [0.717, 1.165) is 12.3 Å². The number of pyridine rings is 1. The molecular weight excluding hydrogens is 520 g/mol. The Hall–Kier alpha value is -3.87. The normalized spacial score (nSPS) is 14.9. The van der Waals surface area contributed by atoms with Crippen LogP contribution in [0.2, 0.25) is 0 Å². The third-order valence-corrected chi connectivity index (χ3v) is 5.79. The van der Waals surface area contributed by atoms with Crippen molar-refractivity contribution in [2.75, 3.05) is 37.8 Å². The van der Waals surface area contributed by atoms with E-state index < -0.39 is 37.0 Å². The average Bonchev–Trinajstić information content (AvgIpc) is 2.94.